The maximum Gasteiger partial charge on any atom is 0.303 e. The Bertz CT molecular complexity index is 679. The number of hydrogen-bond donors (Lipinski definition) is 3. The van der Waals surface area contributed by atoms with Crippen LogP contribution in [-0.4, -0.2) is 38.9 Å². The summed E-state index contributed by atoms with van der Waals surface area (Å²) in [6, 6.07) is -0.186. The molecule has 1 atom stereocenters. The van der Waals surface area contributed by atoms with Gasteiger partial charge in [0.05, 0.1) is 16.6 Å². The van der Waals surface area contributed by atoms with E-state index in [1.165, 1.54) is 0 Å². The second-order valence-electron chi connectivity index (χ2n) is 4.83. The van der Waals surface area contributed by atoms with E-state index in [1.54, 1.807) is 0 Å². The van der Waals surface area contributed by atoms with Gasteiger partial charge < -0.3 is 20.8 Å². The van der Waals surface area contributed by atoms with Crippen molar-refractivity contribution < 1.29 is 29.0 Å². The largest absolute Gasteiger partial charge is 0.506 e. The highest BCUT2D eigenvalue weighted by atomic mass is 79.9. The van der Waals surface area contributed by atoms with Crippen LogP contribution in [0.15, 0.2) is 10.5 Å². The SMILES string of the molecule is NC(=O)C(CCC(=O)O)N1Cc2c(cc(F)c(Br)c2O)C1=O. The molecule has 0 aromatic heterocycles. The molecule has 0 radical (unpaired) electrons. The molecular weight excluding hydrogens is 363 g/mol. The standard InChI is InChI=1S/C13H12BrFN2O5/c14-10-7(15)3-5-6(11(10)20)4-17(13(5)22)8(12(16)21)1-2-9(18)19/h3,8,20H,1-2,4H2,(H2,16,21)(H,18,19). The third-order valence-corrected chi connectivity index (χ3v) is 4.21. The molecule has 7 nitrogen and oxygen atoms in total. The lowest BCUT2D eigenvalue weighted by Gasteiger charge is -2.24. The Morgan fingerprint density at radius 3 is 2.68 bits per heavy atom. The second-order valence-corrected chi connectivity index (χ2v) is 5.62. The monoisotopic (exact) mass is 374 g/mol. The molecule has 0 bridgehead atoms. The number of rotatable bonds is 5. The number of aromatic hydroxyl groups is 1. The summed E-state index contributed by atoms with van der Waals surface area (Å²) in [7, 11) is 0. The average Bonchev–Trinajstić information content (AvgIpc) is 2.74. The number of phenolic OH excluding ortho intramolecular Hbond substituents is 1. The molecule has 1 aromatic carbocycles. The zero-order valence-electron chi connectivity index (χ0n) is 11.2. The summed E-state index contributed by atoms with van der Waals surface area (Å²) in [5.74, 6) is -3.90. The molecule has 118 valence electrons. The van der Waals surface area contributed by atoms with E-state index < -0.39 is 35.4 Å². The molecule has 1 unspecified atom stereocenters. The van der Waals surface area contributed by atoms with E-state index in [1.807, 2.05) is 0 Å². The van der Waals surface area contributed by atoms with Crippen LogP contribution >= 0.6 is 15.9 Å². The molecule has 0 aliphatic carbocycles. The first-order valence-corrected chi connectivity index (χ1v) is 7.05. The van der Waals surface area contributed by atoms with Crippen LogP contribution in [0.3, 0.4) is 0 Å². The van der Waals surface area contributed by atoms with E-state index in [0.717, 1.165) is 11.0 Å². The molecule has 1 aliphatic rings. The van der Waals surface area contributed by atoms with Gasteiger partial charge in [0.15, 0.2) is 0 Å². The first kappa shape index (κ1) is 16.2. The van der Waals surface area contributed by atoms with E-state index in [2.05, 4.69) is 15.9 Å². The number of hydrogen-bond acceptors (Lipinski definition) is 4. The summed E-state index contributed by atoms with van der Waals surface area (Å²) in [5, 5.41) is 18.6. The van der Waals surface area contributed by atoms with Crippen molar-refractivity contribution in [1.29, 1.82) is 0 Å². The number of amides is 2. The number of benzene rings is 1. The number of carboxylic acids is 1. The molecule has 1 aliphatic heterocycles. The number of carboxylic acid groups (broad SMARTS) is 1. The molecule has 4 N–H and O–H groups in total. The lowest BCUT2D eigenvalue weighted by atomic mass is 10.1. The first-order chi connectivity index (χ1) is 10.2. The number of nitrogens with two attached hydrogens (primary N) is 1. The van der Waals surface area contributed by atoms with Crippen molar-refractivity contribution in [2.24, 2.45) is 5.73 Å². The Labute approximate surface area is 132 Å². The van der Waals surface area contributed by atoms with E-state index in [-0.39, 0.29) is 35.0 Å². The van der Waals surface area contributed by atoms with Gasteiger partial charge in [-0.05, 0) is 28.4 Å². The van der Waals surface area contributed by atoms with Gasteiger partial charge in [-0.3, -0.25) is 14.4 Å². The van der Waals surface area contributed by atoms with Gasteiger partial charge in [-0.25, -0.2) is 4.39 Å². The average molecular weight is 375 g/mol. The Morgan fingerprint density at radius 2 is 2.14 bits per heavy atom. The topological polar surface area (TPSA) is 121 Å². The van der Waals surface area contributed by atoms with Gasteiger partial charge in [-0.2, -0.15) is 0 Å². The van der Waals surface area contributed by atoms with E-state index >= 15 is 0 Å². The number of nitrogens with zero attached hydrogens (tertiary/aromatic N) is 1. The number of phenols is 1. The summed E-state index contributed by atoms with van der Waals surface area (Å²) in [4.78, 5) is 35.5. The predicted octanol–water partition coefficient (Wildman–Crippen LogP) is 0.968. The number of halogens is 2. The van der Waals surface area contributed by atoms with Crippen LogP contribution in [0.2, 0.25) is 0 Å². The lowest BCUT2D eigenvalue weighted by Crippen LogP contribution is -2.45. The highest BCUT2D eigenvalue weighted by Gasteiger charge is 2.38. The van der Waals surface area contributed by atoms with Crippen LogP contribution in [0.4, 0.5) is 4.39 Å². The van der Waals surface area contributed by atoms with Gasteiger partial charge in [-0.15, -0.1) is 0 Å². The van der Waals surface area contributed by atoms with E-state index in [4.69, 9.17) is 10.8 Å². The fraction of sp³-hybridized carbons (Fsp3) is 0.308. The Morgan fingerprint density at radius 1 is 1.50 bits per heavy atom. The van der Waals surface area contributed by atoms with Gasteiger partial charge in [0, 0.05) is 12.0 Å². The molecule has 0 spiro atoms. The van der Waals surface area contributed by atoms with E-state index in [0.29, 0.717) is 0 Å². The smallest absolute Gasteiger partial charge is 0.303 e. The third kappa shape index (κ3) is 2.76. The first-order valence-electron chi connectivity index (χ1n) is 6.26. The molecule has 1 heterocycles. The minimum absolute atomic E-state index is 0.0697. The summed E-state index contributed by atoms with van der Waals surface area (Å²) < 4.78 is 13.4. The molecule has 0 saturated heterocycles. The number of primary amides is 1. The van der Waals surface area contributed by atoms with Crippen molar-refractivity contribution in [2.75, 3.05) is 0 Å². The zero-order valence-corrected chi connectivity index (χ0v) is 12.8. The van der Waals surface area contributed by atoms with Gasteiger partial charge in [0.2, 0.25) is 5.91 Å². The summed E-state index contributed by atoms with van der Waals surface area (Å²) >= 11 is 2.86. The van der Waals surface area contributed by atoms with Crippen molar-refractivity contribution in [2.45, 2.75) is 25.4 Å². The van der Waals surface area contributed by atoms with Crippen LogP contribution in [0.25, 0.3) is 0 Å². The summed E-state index contributed by atoms with van der Waals surface area (Å²) in [5.41, 5.74) is 5.32. The normalized spacial score (nSPS) is 14.8. The number of fused-ring (bicyclic) bond motifs is 1. The maximum atomic E-state index is 13.6. The molecule has 9 heteroatoms. The van der Waals surface area contributed by atoms with Crippen LogP contribution < -0.4 is 5.73 Å². The highest BCUT2D eigenvalue weighted by molar-refractivity contribution is 9.10. The lowest BCUT2D eigenvalue weighted by molar-refractivity contribution is -0.137. The van der Waals surface area contributed by atoms with Crippen LogP contribution in [-0.2, 0) is 16.1 Å². The molecule has 0 fully saturated rings. The minimum Gasteiger partial charge on any atom is -0.506 e. The number of aliphatic carboxylic acids is 1. The fourth-order valence-electron chi connectivity index (χ4n) is 2.36. The fourth-order valence-corrected chi connectivity index (χ4v) is 2.72. The van der Waals surface area contributed by atoms with Crippen molar-refractivity contribution in [1.82, 2.24) is 4.90 Å². The van der Waals surface area contributed by atoms with Gasteiger partial charge >= 0.3 is 5.97 Å². The third-order valence-electron chi connectivity index (χ3n) is 3.46. The van der Waals surface area contributed by atoms with E-state index in [9.17, 15) is 23.9 Å². The van der Waals surface area contributed by atoms with Crippen molar-refractivity contribution in [3.63, 3.8) is 0 Å². The van der Waals surface area contributed by atoms with Crippen molar-refractivity contribution in [3.8, 4) is 5.75 Å². The second kappa shape index (κ2) is 5.91. The van der Waals surface area contributed by atoms with Crippen LogP contribution in [0.5, 0.6) is 5.75 Å². The molecule has 2 rings (SSSR count). The molecule has 1 aromatic rings. The Kier molecular flexibility index (Phi) is 4.36. The van der Waals surface area contributed by atoms with Gasteiger partial charge in [-0.1, -0.05) is 0 Å². The predicted molar refractivity (Wildman–Crippen MR) is 75.5 cm³/mol. The van der Waals surface area contributed by atoms with Gasteiger partial charge in [0.25, 0.3) is 5.91 Å². The summed E-state index contributed by atoms with van der Waals surface area (Å²) in [6.45, 7) is -0.147. The van der Waals surface area contributed by atoms with Crippen LogP contribution in [0.1, 0.15) is 28.8 Å². The quantitative estimate of drug-likeness (QED) is 0.708. The van der Waals surface area contributed by atoms with Crippen LogP contribution in [0, 0.1) is 5.82 Å². The maximum absolute atomic E-state index is 13.6. The molecule has 22 heavy (non-hydrogen) atoms. The Balaban J connectivity index is 2.35. The molecule has 2 amide bonds. The summed E-state index contributed by atoms with van der Waals surface area (Å²) in [6.07, 6.45) is -0.507. The number of carbonyl (C=O) groups is 3. The molecular formula is C13H12BrFN2O5. The minimum atomic E-state index is -1.14. The zero-order chi connectivity index (χ0) is 16.6. The van der Waals surface area contributed by atoms with Gasteiger partial charge in [0.1, 0.15) is 17.6 Å². The van der Waals surface area contributed by atoms with Crippen molar-refractivity contribution >= 4 is 33.7 Å². The number of carbonyl (C=O) groups excluding carboxylic acids is 2. The van der Waals surface area contributed by atoms with Crippen molar-refractivity contribution in [3.05, 3.63) is 27.5 Å². The molecule has 0 saturated carbocycles. The highest BCUT2D eigenvalue weighted by Crippen LogP contribution is 2.38. The Hall–Kier alpha value is -2.16.